The number of ether oxygens (including phenoxy) is 1. The number of sulfonamides is 1. The topological polar surface area (TPSA) is 105 Å². The fraction of sp³-hybridized carbons (Fsp3) is 0.297. The molecule has 0 aliphatic heterocycles. The number of rotatable bonds is 15. The molecule has 2 amide bonds. The van der Waals surface area contributed by atoms with Gasteiger partial charge < -0.3 is 15.0 Å². The Labute approximate surface area is 271 Å². The van der Waals surface area contributed by atoms with E-state index < -0.39 is 16.1 Å². The lowest BCUT2D eigenvalue weighted by molar-refractivity contribution is -0.141. The van der Waals surface area contributed by atoms with Gasteiger partial charge in [0.2, 0.25) is 21.8 Å². The lowest BCUT2D eigenvalue weighted by atomic mass is 10.0. The summed E-state index contributed by atoms with van der Waals surface area (Å²) in [4.78, 5) is 29.9. The van der Waals surface area contributed by atoms with Crippen LogP contribution in [-0.2, 0) is 45.5 Å². The van der Waals surface area contributed by atoms with Crippen molar-refractivity contribution >= 4 is 21.8 Å². The van der Waals surface area contributed by atoms with Crippen molar-refractivity contribution in [2.24, 2.45) is 0 Å². The molecule has 0 unspecified atom stereocenters. The van der Waals surface area contributed by atoms with Crippen LogP contribution in [-0.4, -0.2) is 44.3 Å². The Kier molecular flexibility index (Phi) is 10.9. The van der Waals surface area contributed by atoms with Crippen LogP contribution >= 0.6 is 0 Å². The molecule has 1 aliphatic carbocycles. The number of aryl methyl sites for hydroxylation is 2. The smallest absolute Gasteiger partial charge is 0.243 e. The fourth-order valence-corrected chi connectivity index (χ4v) is 6.52. The SMILES string of the molecule is COc1ccc(CN(C(=O)CCc2ccc(S(=O)(=O)NC3CC3)cc2)[C@H](Cc2ccccc2)C(=O)NCc2ccc(C)cc2)cc1. The summed E-state index contributed by atoms with van der Waals surface area (Å²) in [5, 5.41) is 3.07. The van der Waals surface area contributed by atoms with E-state index >= 15 is 0 Å². The number of hydrogen-bond acceptors (Lipinski definition) is 5. The molecule has 9 heteroatoms. The van der Waals surface area contributed by atoms with Crippen molar-refractivity contribution < 1.29 is 22.7 Å². The summed E-state index contributed by atoms with van der Waals surface area (Å²) in [7, 11) is -1.95. The fourth-order valence-electron chi connectivity index (χ4n) is 5.21. The maximum Gasteiger partial charge on any atom is 0.243 e. The molecule has 0 saturated heterocycles. The summed E-state index contributed by atoms with van der Waals surface area (Å²) in [6.07, 6.45) is 2.63. The van der Waals surface area contributed by atoms with Gasteiger partial charge in [0.1, 0.15) is 11.8 Å². The molecule has 0 aromatic heterocycles. The number of methoxy groups -OCH3 is 1. The summed E-state index contributed by atoms with van der Waals surface area (Å²) < 4.78 is 33.2. The van der Waals surface area contributed by atoms with Crippen LogP contribution in [0.4, 0.5) is 0 Å². The Hall–Kier alpha value is -4.47. The minimum absolute atomic E-state index is 0.0249. The molecule has 8 nitrogen and oxygen atoms in total. The average molecular weight is 640 g/mol. The molecular weight excluding hydrogens is 598 g/mol. The summed E-state index contributed by atoms with van der Waals surface area (Å²) in [5.74, 6) is 0.300. The summed E-state index contributed by atoms with van der Waals surface area (Å²) in [5.41, 5.74) is 4.77. The summed E-state index contributed by atoms with van der Waals surface area (Å²) in [6, 6.07) is 31.1. The zero-order valence-electron chi connectivity index (χ0n) is 26.3. The predicted octanol–water partition coefficient (Wildman–Crippen LogP) is 5.33. The first-order valence-electron chi connectivity index (χ1n) is 15.6. The normalized spacial score (nSPS) is 13.5. The van der Waals surface area contributed by atoms with Crippen molar-refractivity contribution in [3.63, 3.8) is 0 Å². The molecule has 4 aromatic carbocycles. The molecule has 46 heavy (non-hydrogen) atoms. The van der Waals surface area contributed by atoms with Crippen molar-refractivity contribution in [1.82, 2.24) is 14.9 Å². The monoisotopic (exact) mass is 639 g/mol. The van der Waals surface area contributed by atoms with Crippen LogP contribution in [0.1, 0.15) is 47.1 Å². The van der Waals surface area contributed by atoms with E-state index in [2.05, 4.69) is 10.0 Å². The highest BCUT2D eigenvalue weighted by Crippen LogP contribution is 2.23. The minimum Gasteiger partial charge on any atom is -0.497 e. The van der Waals surface area contributed by atoms with E-state index in [1.165, 1.54) is 0 Å². The van der Waals surface area contributed by atoms with Gasteiger partial charge in [0.25, 0.3) is 0 Å². The highest BCUT2D eigenvalue weighted by Gasteiger charge is 2.31. The largest absolute Gasteiger partial charge is 0.497 e. The maximum absolute atomic E-state index is 14.1. The van der Waals surface area contributed by atoms with Gasteiger partial charge in [-0.2, -0.15) is 0 Å². The van der Waals surface area contributed by atoms with Gasteiger partial charge in [-0.3, -0.25) is 9.59 Å². The molecule has 0 spiro atoms. The number of benzene rings is 4. The highest BCUT2D eigenvalue weighted by atomic mass is 32.2. The van der Waals surface area contributed by atoms with Gasteiger partial charge in [-0.15, -0.1) is 0 Å². The molecule has 5 rings (SSSR count). The van der Waals surface area contributed by atoms with Crippen molar-refractivity contribution in [1.29, 1.82) is 0 Å². The Balaban J connectivity index is 1.36. The Morgan fingerprint density at radius 1 is 0.826 bits per heavy atom. The van der Waals surface area contributed by atoms with E-state index in [-0.39, 0.29) is 35.7 Å². The molecule has 0 radical (unpaired) electrons. The van der Waals surface area contributed by atoms with Crippen LogP contribution in [0.3, 0.4) is 0 Å². The average Bonchev–Trinajstić information content (AvgIpc) is 3.89. The van der Waals surface area contributed by atoms with E-state index in [1.54, 1.807) is 36.3 Å². The second-order valence-electron chi connectivity index (χ2n) is 11.8. The quantitative estimate of drug-likeness (QED) is 0.183. The molecule has 0 bridgehead atoms. The van der Waals surface area contributed by atoms with Crippen molar-refractivity contribution in [2.45, 2.75) is 69.1 Å². The molecule has 1 fully saturated rings. The van der Waals surface area contributed by atoms with Gasteiger partial charge in [-0.05, 0) is 72.7 Å². The lowest BCUT2D eigenvalue weighted by Gasteiger charge is -2.32. The number of amides is 2. The zero-order valence-corrected chi connectivity index (χ0v) is 27.1. The van der Waals surface area contributed by atoms with Crippen molar-refractivity contribution in [3.05, 3.63) is 131 Å². The van der Waals surface area contributed by atoms with E-state index in [4.69, 9.17) is 4.74 Å². The molecule has 4 aromatic rings. The second-order valence-corrected chi connectivity index (χ2v) is 13.5. The first kappa shape index (κ1) is 32.9. The third-order valence-electron chi connectivity index (χ3n) is 8.13. The van der Waals surface area contributed by atoms with Gasteiger partial charge in [0, 0.05) is 32.0 Å². The minimum atomic E-state index is -3.56. The molecule has 2 N–H and O–H groups in total. The third-order valence-corrected chi connectivity index (χ3v) is 9.67. The Morgan fingerprint density at radius 3 is 2.09 bits per heavy atom. The van der Waals surface area contributed by atoms with E-state index in [0.717, 1.165) is 40.7 Å². The first-order chi connectivity index (χ1) is 22.2. The summed E-state index contributed by atoms with van der Waals surface area (Å²) >= 11 is 0. The number of hydrogen-bond donors (Lipinski definition) is 2. The Bertz CT molecular complexity index is 1700. The zero-order chi connectivity index (χ0) is 32.5. The number of carbonyl (C=O) groups excluding carboxylic acids is 2. The molecule has 1 atom stereocenters. The molecular formula is C37H41N3O5S. The maximum atomic E-state index is 14.1. The third kappa shape index (κ3) is 9.28. The predicted molar refractivity (Wildman–Crippen MR) is 179 cm³/mol. The van der Waals surface area contributed by atoms with Gasteiger partial charge in [-0.25, -0.2) is 13.1 Å². The van der Waals surface area contributed by atoms with Gasteiger partial charge >= 0.3 is 0 Å². The van der Waals surface area contributed by atoms with E-state index in [0.29, 0.717) is 25.1 Å². The number of nitrogens with one attached hydrogen (secondary N) is 2. The number of carbonyl (C=O) groups is 2. The van der Waals surface area contributed by atoms with Gasteiger partial charge in [0.15, 0.2) is 0 Å². The van der Waals surface area contributed by atoms with Crippen LogP contribution < -0.4 is 14.8 Å². The molecule has 1 saturated carbocycles. The number of nitrogens with zero attached hydrogens (tertiary/aromatic N) is 1. The van der Waals surface area contributed by atoms with E-state index in [1.807, 2.05) is 85.8 Å². The second kappa shape index (κ2) is 15.2. The standard InChI is InChI=1S/C37H41N3O5S/c1-27-8-10-30(11-9-27)25-38-37(42)35(24-29-6-4-3-5-7-29)40(26-31-12-19-33(45-2)20-13-31)36(41)23-16-28-14-21-34(22-15-28)46(43,44)39-32-17-18-32/h3-15,19-22,32,35,39H,16-18,23-26H2,1-2H3,(H,38,42)/t35-/m1/s1. The van der Waals surface area contributed by atoms with Crippen molar-refractivity contribution in [2.75, 3.05) is 7.11 Å². The van der Waals surface area contributed by atoms with Gasteiger partial charge in [-0.1, -0.05) is 84.4 Å². The van der Waals surface area contributed by atoms with Crippen LogP contribution in [0.2, 0.25) is 0 Å². The van der Waals surface area contributed by atoms with Crippen molar-refractivity contribution in [3.8, 4) is 5.75 Å². The van der Waals surface area contributed by atoms with E-state index in [9.17, 15) is 18.0 Å². The summed E-state index contributed by atoms with van der Waals surface area (Å²) in [6.45, 7) is 2.60. The van der Waals surface area contributed by atoms with Crippen LogP contribution in [0.25, 0.3) is 0 Å². The van der Waals surface area contributed by atoms with Crippen LogP contribution in [0.15, 0.2) is 108 Å². The highest BCUT2D eigenvalue weighted by molar-refractivity contribution is 7.89. The molecule has 0 heterocycles. The molecule has 1 aliphatic rings. The van der Waals surface area contributed by atoms with Crippen LogP contribution in [0.5, 0.6) is 5.75 Å². The van der Waals surface area contributed by atoms with Gasteiger partial charge in [0.05, 0.1) is 12.0 Å². The molecule has 240 valence electrons. The first-order valence-corrected chi connectivity index (χ1v) is 17.1. The Morgan fingerprint density at radius 2 is 1.46 bits per heavy atom. The lowest BCUT2D eigenvalue weighted by Crippen LogP contribution is -2.50. The van der Waals surface area contributed by atoms with Crippen LogP contribution in [0, 0.1) is 6.92 Å².